The van der Waals surface area contributed by atoms with Crippen molar-refractivity contribution in [2.24, 2.45) is 4.99 Å². The first-order valence-corrected chi connectivity index (χ1v) is 5.91. The molecule has 0 unspecified atom stereocenters. The third-order valence-electron chi connectivity index (χ3n) is 2.18. The number of rotatable bonds is 3. The minimum absolute atomic E-state index is 0.903. The molecule has 0 spiro atoms. The van der Waals surface area contributed by atoms with Crippen LogP contribution in [-0.2, 0) is 5.75 Å². The number of ether oxygens (including phenoxy) is 1. The van der Waals surface area contributed by atoms with Crippen molar-refractivity contribution < 1.29 is 4.74 Å². The molecule has 0 saturated carbocycles. The molecule has 1 aliphatic heterocycles. The molecular formula is C11H14N2OS. The van der Waals surface area contributed by atoms with Crippen LogP contribution in [0.5, 0.6) is 5.75 Å². The van der Waals surface area contributed by atoms with Crippen LogP contribution in [0.15, 0.2) is 29.3 Å². The van der Waals surface area contributed by atoms with Crippen molar-refractivity contribution in [1.29, 1.82) is 0 Å². The van der Waals surface area contributed by atoms with Crippen molar-refractivity contribution in [2.45, 2.75) is 5.75 Å². The maximum atomic E-state index is 5.10. The Hall–Kier alpha value is -1.16. The summed E-state index contributed by atoms with van der Waals surface area (Å²) in [5.74, 6) is 1.86. The van der Waals surface area contributed by atoms with Gasteiger partial charge < -0.3 is 10.1 Å². The Morgan fingerprint density at radius 2 is 2.20 bits per heavy atom. The zero-order valence-electron chi connectivity index (χ0n) is 8.69. The maximum Gasteiger partial charge on any atom is 0.157 e. The van der Waals surface area contributed by atoms with Gasteiger partial charge in [0, 0.05) is 12.3 Å². The molecule has 0 amide bonds. The fourth-order valence-electron chi connectivity index (χ4n) is 1.35. The van der Waals surface area contributed by atoms with Gasteiger partial charge in [-0.1, -0.05) is 23.9 Å². The molecule has 1 aromatic carbocycles. The lowest BCUT2D eigenvalue weighted by Crippen LogP contribution is -2.14. The molecule has 80 valence electrons. The number of nitrogens with zero attached hydrogens (tertiary/aromatic N) is 1. The number of methoxy groups -OCH3 is 1. The van der Waals surface area contributed by atoms with E-state index in [9.17, 15) is 0 Å². The Balaban J connectivity index is 1.87. The van der Waals surface area contributed by atoms with Gasteiger partial charge in [0.1, 0.15) is 5.75 Å². The fraction of sp³-hybridized carbons (Fsp3) is 0.364. The van der Waals surface area contributed by atoms with Gasteiger partial charge in [-0.05, 0) is 17.7 Å². The molecule has 0 aliphatic carbocycles. The van der Waals surface area contributed by atoms with Crippen molar-refractivity contribution in [3.05, 3.63) is 29.8 Å². The summed E-state index contributed by atoms with van der Waals surface area (Å²) >= 11 is 1.75. The van der Waals surface area contributed by atoms with Gasteiger partial charge in [0.15, 0.2) is 5.17 Å². The summed E-state index contributed by atoms with van der Waals surface area (Å²) in [5, 5.41) is 4.30. The van der Waals surface area contributed by atoms with Crippen LogP contribution < -0.4 is 10.1 Å². The van der Waals surface area contributed by atoms with E-state index in [4.69, 9.17) is 4.74 Å². The Bertz CT molecular complexity index is 348. The van der Waals surface area contributed by atoms with Gasteiger partial charge in [0.25, 0.3) is 0 Å². The minimum atomic E-state index is 0.903. The summed E-state index contributed by atoms with van der Waals surface area (Å²) in [7, 11) is 1.68. The van der Waals surface area contributed by atoms with Crippen LogP contribution in [0.2, 0.25) is 0 Å². The van der Waals surface area contributed by atoms with Crippen LogP contribution in [0.4, 0.5) is 0 Å². The molecule has 0 aromatic heterocycles. The number of aliphatic imine (C=N–C) groups is 1. The van der Waals surface area contributed by atoms with Gasteiger partial charge >= 0.3 is 0 Å². The molecule has 1 heterocycles. The molecule has 0 radical (unpaired) electrons. The quantitative estimate of drug-likeness (QED) is 0.848. The average Bonchev–Trinajstić information content (AvgIpc) is 2.80. The SMILES string of the molecule is COc1ccc(CSC2=NCCN2)cc1. The fourth-order valence-corrected chi connectivity index (χ4v) is 2.23. The number of nitrogens with one attached hydrogen (secondary N) is 1. The van der Waals surface area contributed by atoms with Gasteiger partial charge in [0.2, 0.25) is 0 Å². The molecule has 0 bridgehead atoms. The monoisotopic (exact) mass is 222 g/mol. The lowest BCUT2D eigenvalue weighted by atomic mass is 10.2. The second-order valence-corrected chi connectivity index (χ2v) is 4.21. The van der Waals surface area contributed by atoms with E-state index in [0.29, 0.717) is 0 Å². The second-order valence-electron chi connectivity index (χ2n) is 3.25. The van der Waals surface area contributed by atoms with E-state index < -0.39 is 0 Å². The Kier molecular flexibility index (Phi) is 3.50. The Labute approximate surface area is 93.9 Å². The second kappa shape index (κ2) is 5.07. The predicted molar refractivity (Wildman–Crippen MR) is 64.6 cm³/mol. The van der Waals surface area contributed by atoms with Crippen LogP contribution in [0.1, 0.15) is 5.56 Å². The van der Waals surface area contributed by atoms with E-state index in [0.717, 1.165) is 29.8 Å². The molecule has 0 atom stereocenters. The van der Waals surface area contributed by atoms with Crippen LogP contribution >= 0.6 is 11.8 Å². The van der Waals surface area contributed by atoms with Gasteiger partial charge in [-0.2, -0.15) is 0 Å². The first-order valence-electron chi connectivity index (χ1n) is 4.92. The lowest BCUT2D eigenvalue weighted by Gasteiger charge is -2.03. The average molecular weight is 222 g/mol. The Morgan fingerprint density at radius 1 is 1.40 bits per heavy atom. The number of thioether (sulfide) groups is 1. The first kappa shape index (κ1) is 10.4. The van der Waals surface area contributed by atoms with E-state index in [2.05, 4.69) is 22.4 Å². The van der Waals surface area contributed by atoms with E-state index in [1.807, 2.05) is 12.1 Å². The van der Waals surface area contributed by atoms with E-state index in [1.165, 1.54) is 5.56 Å². The van der Waals surface area contributed by atoms with Crippen molar-refractivity contribution in [2.75, 3.05) is 20.2 Å². The number of hydrogen-bond acceptors (Lipinski definition) is 4. The molecule has 1 aliphatic rings. The minimum Gasteiger partial charge on any atom is -0.497 e. The maximum absolute atomic E-state index is 5.10. The summed E-state index contributed by atoms with van der Waals surface area (Å²) in [6, 6.07) is 8.14. The van der Waals surface area contributed by atoms with Crippen LogP contribution in [0.3, 0.4) is 0 Å². The molecule has 3 nitrogen and oxygen atoms in total. The highest BCUT2D eigenvalue weighted by Gasteiger charge is 2.05. The molecule has 15 heavy (non-hydrogen) atoms. The topological polar surface area (TPSA) is 33.6 Å². The summed E-state index contributed by atoms with van der Waals surface area (Å²) in [6.07, 6.45) is 0. The van der Waals surface area contributed by atoms with Gasteiger partial charge in [0.05, 0.1) is 13.7 Å². The van der Waals surface area contributed by atoms with Gasteiger partial charge in [-0.15, -0.1) is 0 Å². The Morgan fingerprint density at radius 3 is 2.80 bits per heavy atom. The molecule has 1 N–H and O–H groups in total. The smallest absolute Gasteiger partial charge is 0.157 e. The predicted octanol–water partition coefficient (Wildman–Crippen LogP) is 1.89. The molecule has 0 fully saturated rings. The van der Waals surface area contributed by atoms with E-state index in [1.54, 1.807) is 18.9 Å². The number of amidine groups is 1. The summed E-state index contributed by atoms with van der Waals surface area (Å²) < 4.78 is 5.10. The van der Waals surface area contributed by atoms with Crippen LogP contribution in [0, 0.1) is 0 Å². The summed E-state index contributed by atoms with van der Waals surface area (Å²) in [6.45, 7) is 1.88. The van der Waals surface area contributed by atoms with Crippen LogP contribution in [-0.4, -0.2) is 25.4 Å². The molecule has 4 heteroatoms. The lowest BCUT2D eigenvalue weighted by molar-refractivity contribution is 0.414. The number of benzene rings is 1. The van der Waals surface area contributed by atoms with Crippen molar-refractivity contribution >= 4 is 16.9 Å². The number of hydrogen-bond donors (Lipinski definition) is 1. The third kappa shape index (κ3) is 2.89. The van der Waals surface area contributed by atoms with Crippen LogP contribution in [0.25, 0.3) is 0 Å². The zero-order chi connectivity index (χ0) is 10.5. The summed E-state index contributed by atoms with van der Waals surface area (Å²) in [5.41, 5.74) is 1.29. The van der Waals surface area contributed by atoms with Crippen molar-refractivity contribution in [1.82, 2.24) is 5.32 Å². The van der Waals surface area contributed by atoms with E-state index in [-0.39, 0.29) is 0 Å². The normalized spacial score (nSPS) is 14.6. The molecule has 1 aromatic rings. The molecule has 2 rings (SSSR count). The highest BCUT2D eigenvalue weighted by atomic mass is 32.2. The van der Waals surface area contributed by atoms with E-state index >= 15 is 0 Å². The molecule has 0 saturated heterocycles. The zero-order valence-corrected chi connectivity index (χ0v) is 9.51. The van der Waals surface area contributed by atoms with Gasteiger partial charge in [-0.25, -0.2) is 0 Å². The third-order valence-corrected chi connectivity index (χ3v) is 3.20. The standard InChI is InChI=1S/C11H14N2OS/c1-14-10-4-2-9(3-5-10)8-15-11-12-6-7-13-11/h2-5H,6-8H2,1H3,(H,12,13). The van der Waals surface area contributed by atoms with Gasteiger partial charge in [-0.3, -0.25) is 4.99 Å². The highest BCUT2D eigenvalue weighted by molar-refractivity contribution is 8.13. The summed E-state index contributed by atoms with van der Waals surface area (Å²) in [4.78, 5) is 4.33. The largest absolute Gasteiger partial charge is 0.497 e. The molecular weight excluding hydrogens is 208 g/mol. The first-order chi connectivity index (χ1) is 7.38. The van der Waals surface area contributed by atoms with Crippen molar-refractivity contribution in [3.8, 4) is 5.75 Å². The highest BCUT2D eigenvalue weighted by Crippen LogP contribution is 2.17. The van der Waals surface area contributed by atoms with Crippen molar-refractivity contribution in [3.63, 3.8) is 0 Å².